The van der Waals surface area contributed by atoms with Gasteiger partial charge in [-0.3, -0.25) is 9.69 Å². The van der Waals surface area contributed by atoms with Crippen molar-refractivity contribution in [3.63, 3.8) is 0 Å². The SMILES string of the molecule is CN(C)C[C@H]1CN(c2c(NC(=O)c3coc(-c4ccnnc4)n3)ccc(Oc3ccccc3)c2C(F)(F)F)CCN1C. The number of anilines is 2. The number of aromatic nitrogens is 3. The van der Waals surface area contributed by atoms with Crippen molar-refractivity contribution in [1.29, 1.82) is 0 Å². The van der Waals surface area contributed by atoms with Gasteiger partial charge in [-0.2, -0.15) is 23.4 Å². The molecule has 2 aromatic heterocycles. The molecule has 1 fully saturated rings. The third kappa shape index (κ3) is 6.52. The lowest BCUT2D eigenvalue weighted by Gasteiger charge is -2.43. The Kier molecular flexibility index (Phi) is 8.41. The molecule has 1 atom stereocenters. The summed E-state index contributed by atoms with van der Waals surface area (Å²) in [5.74, 6) is -0.699. The monoisotopic (exact) mass is 581 g/mol. The zero-order chi connectivity index (χ0) is 29.9. The number of benzene rings is 2. The molecular weight excluding hydrogens is 551 g/mol. The number of amides is 1. The van der Waals surface area contributed by atoms with Gasteiger partial charge in [-0.1, -0.05) is 18.2 Å². The van der Waals surface area contributed by atoms with Gasteiger partial charge in [0.05, 0.1) is 29.3 Å². The smallest absolute Gasteiger partial charge is 0.422 e. The van der Waals surface area contributed by atoms with Crippen LogP contribution in [0.1, 0.15) is 16.1 Å². The van der Waals surface area contributed by atoms with Crippen molar-refractivity contribution < 1.29 is 27.1 Å². The van der Waals surface area contributed by atoms with E-state index in [1.165, 1.54) is 24.5 Å². The summed E-state index contributed by atoms with van der Waals surface area (Å²) >= 11 is 0. The van der Waals surface area contributed by atoms with Crippen LogP contribution in [0.15, 0.2) is 71.6 Å². The molecule has 0 spiro atoms. The lowest BCUT2D eigenvalue weighted by atomic mass is 10.0. The van der Waals surface area contributed by atoms with E-state index in [1.54, 1.807) is 41.3 Å². The van der Waals surface area contributed by atoms with Crippen LogP contribution in [0.3, 0.4) is 0 Å². The molecule has 0 aliphatic carbocycles. The number of nitrogens with zero attached hydrogens (tertiary/aromatic N) is 6. The molecule has 1 aliphatic rings. The standard InChI is InChI=1S/C29H30F3N7O3/c1-37(2)16-20-17-39(14-13-38(20)3)26-22(35-27(40)23-18-41-28(36-23)19-11-12-33-34-15-19)9-10-24(25(26)29(30,31)32)42-21-7-5-4-6-8-21/h4-12,15,18,20H,13-14,16-17H2,1-3H3,(H,35,40)/t20-/m0/s1. The fourth-order valence-corrected chi connectivity index (χ4v) is 4.86. The van der Waals surface area contributed by atoms with E-state index < -0.39 is 17.6 Å². The Labute approximate surface area is 240 Å². The van der Waals surface area contributed by atoms with E-state index in [0.717, 1.165) is 6.26 Å². The fraction of sp³-hybridized carbons (Fsp3) is 0.310. The van der Waals surface area contributed by atoms with E-state index in [4.69, 9.17) is 9.15 Å². The minimum atomic E-state index is -4.80. The lowest BCUT2D eigenvalue weighted by Crippen LogP contribution is -2.55. The zero-order valence-corrected chi connectivity index (χ0v) is 23.3. The van der Waals surface area contributed by atoms with Gasteiger partial charge in [-0.15, -0.1) is 0 Å². The van der Waals surface area contributed by atoms with Crippen LogP contribution in [0.4, 0.5) is 24.5 Å². The van der Waals surface area contributed by atoms with Crippen molar-refractivity contribution in [2.45, 2.75) is 12.2 Å². The lowest BCUT2D eigenvalue weighted by molar-refractivity contribution is -0.138. The Morgan fingerprint density at radius 3 is 2.60 bits per heavy atom. The summed E-state index contributed by atoms with van der Waals surface area (Å²) in [5, 5.41) is 10.1. The van der Waals surface area contributed by atoms with Crippen molar-refractivity contribution in [2.24, 2.45) is 0 Å². The van der Waals surface area contributed by atoms with Crippen LogP contribution >= 0.6 is 0 Å². The first-order valence-corrected chi connectivity index (χ1v) is 13.2. The van der Waals surface area contributed by atoms with Gasteiger partial charge < -0.3 is 24.3 Å². The number of oxazole rings is 1. The average Bonchev–Trinajstić information content (AvgIpc) is 3.46. The summed E-state index contributed by atoms with van der Waals surface area (Å²) in [4.78, 5) is 23.3. The summed E-state index contributed by atoms with van der Waals surface area (Å²) in [5.41, 5.74) is -0.758. The maximum absolute atomic E-state index is 14.9. The molecule has 3 heterocycles. The highest BCUT2D eigenvalue weighted by Crippen LogP contribution is 2.48. The molecule has 4 aromatic rings. The molecule has 2 aromatic carbocycles. The van der Waals surface area contributed by atoms with Gasteiger partial charge in [0.1, 0.15) is 23.3 Å². The number of carbonyl (C=O) groups excluding carboxylic acids is 1. The number of para-hydroxylation sites is 1. The normalized spacial score (nSPS) is 16.1. The summed E-state index contributed by atoms with van der Waals surface area (Å²) in [7, 11) is 5.79. The third-order valence-electron chi connectivity index (χ3n) is 6.88. The second-order valence-corrected chi connectivity index (χ2v) is 10.2. The summed E-state index contributed by atoms with van der Waals surface area (Å²) < 4.78 is 55.9. The maximum atomic E-state index is 14.9. The number of hydrogen-bond acceptors (Lipinski definition) is 9. The fourth-order valence-electron chi connectivity index (χ4n) is 4.86. The Morgan fingerprint density at radius 1 is 1.12 bits per heavy atom. The number of rotatable bonds is 8. The van der Waals surface area contributed by atoms with Gasteiger partial charge in [0.2, 0.25) is 5.89 Å². The molecule has 10 nitrogen and oxygen atoms in total. The number of hydrogen-bond donors (Lipinski definition) is 1. The molecule has 1 aliphatic heterocycles. The molecule has 0 radical (unpaired) electrons. The molecule has 1 saturated heterocycles. The van der Waals surface area contributed by atoms with Crippen molar-refractivity contribution in [1.82, 2.24) is 25.0 Å². The Morgan fingerprint density at radius 2 is 1.90 bits per heavy atom. The molecule has 1 amide bonds. The summed E-state index contributed by atoms with van der Waals surface area (Å²) in [6.07, 6.45) is -0.783. The van der Waals surface area contributed by atoms with Crippen LogP contribution in [0.5, 0.6) is 11.5 Å². The first kappa shape index (κ1) is 29.0. The number of halogens is 3. The number of piperazine rings is 1. The Bertz CT molecular complexity index is 1510. The van der Waals surface area contributed by atoms with Crippen molar-refractivity contribution in [2.75, 3.05) is 57.5 Å². The Hall–Kier alpha value is -4.49. The number of ether oxygens (including phenoxy) is 1. The number of alkyl halides is 3. The number of nitrogens with one attached hydrogen (secondary N) is 1. The van der Waals surface area contributed by atoms with Crippen LogP contribution in [-0.4, -0.2) is 84.3 Å². The van der Waals surface area contributed by atoms with Crippen LogP contribution in [-0.2, 0) is 6.18 Å². The van der Waals surface area contributed by atoms with E-state index in [2.05, 4.69) is 25.4 Å². The molecule has 13 heteroatoms. The highest BCUT2D eigenvalue weighted by atomic mass is 19.4. The van der Waals surface area contributed by atoms with Gasteiger partial charge in [-0.05, 0) is 51.5 Å². The quantitative estimate of drug-likeness (QED) is 0.312. The van der Waals surface area contributed by atoms with Gasteiger partial charge in [-0.25, -0.2) is 4.98 Å². The van der Waals surface area contributed by atoms with Crippen molar-refractivity contribution in [3.8, 4) is 23.0 Å². The first-order chi connectivity index (χ1) is 20.1. The summed E-state index contributed by atoms with van der Waals surface area (Å²) in [6.45, 7) is 1.78. The van der Waals surface area contributed by atoms with Gasteiger partial charge in [0.25, 0.3) is 5.91 Å². The average molecular weight is 582 g/mol. The highest BCUT2D eigenvalue weighted by molar-refractivity contribution is 6.05. The van der Waals surface area contributed by atoms with Gasteiger partial charge >= 0.3 is 6.18 Å². The van der Waals surface area contributed by atoms with Crippen molar-refractivity contribution >= 4 is 17.3 Å². The first-order valence-electron chi connectivity index (χ1n) is 13.2. The van der Waals surface area contributed by atoms with Crippen LogP contribution in [0.25, 0.3) is 11.5 Å². The summed E-state index contributed by atoms with van der Waals surface area (Å²) in [6, 6.07) is 12.5. The van der Waals surface area contributed by atoms with E-state index in [-0.39, 0.29) is 40.5 Å². The molecule has 5 rings (SSSR count). The van der Waals surface area contributed by atoms with E-state index >= 15 is 0 Å². The van der Waals surface area contributed by atoms with E-state index in [1.807, 2.05) is 26.0 Å². The number of carbonyl (C=O) groups is 1. The Balaban J connectivity index is 1.56. The predicted octanol–water partition coefficient (Wildman–Crippen LogP) is 4.88. The van der Waals surface area contributed by atoms with Gasteiger partial charge in [0, 0.05) is 32.2 Å². The maximum Gasteiger partial charge on any atom is 0.422 e. The highest BCUT2D eigenvalue weighted by Gasteiger charge is 2.42. The predicted molar refractivity (Wildman–Crippen MR) is 151 cm³/mol. The topological polar surface area (TPSA) is 99.9 Å². The molecule has 220 valence electrons. The van der Waals surface area contributed by atoms with E-state index in [0.29, 0.717) is 31.7 Å². The largest absolute Gasteiger partial charge is 0.457 e. The minimum Gasteiger partial charge on any atom is -0.457 e. The third-order valence-corrected chi connectivity index (χ3v) is 6.88. The second-order valence-electron chi connectivity index (χ2n) is 10.2. The molecule has 1 N–H and O–H groups in total. The van der Waals surface area contributed by atoms with Crippen LogP contribution < -0.4 is 15.0 Å². The zero-order valence-electron chi connectivity index (χ0n) is 23.3. The second kappa shape index (κ2) is 12.2. The van der Waals surface area contributed by atoms with E-state index in [9.17, 15) is 18.0 Å². The molecule has 0 bridgehead atoms. The minimum absolute atomic E-state index is 0.0176. The molecular formula is C29H30F3N7O3. The van der Waals surface area contributed by atoms with Gasteiger partial charge in [0.15, 0.2) is 5.69 Å². The van der Waals surface area contributed by atoms with Crippen LogP contribution in [0, 0.1) is 0 Å². The number of likely N-dealkylation sites (N-methyl/N-ethyl adjacent to an activating group) is 2. The van der Waals surface area contributed by atoms with Crippen LogP contribution in [0.2, 0.25) is 0 Å². The molecule has 0 saturated carbocycles. The van der Waals surface area contributed by atoms with Crippen molar-refractivity contribution in [3.05, 3.63) is 78.4 Å². The molecule has 42 heavy (non-hydrogen) atoms. The molecule has 0 unspecified atom stereocenters.